The topological polar surface area (TPSA) is 68.2 Å². The number of rotatable bonds is 2. The SMILES string of the molecule is COc1ccc(C#C[C@@H](O)[C@@H]2COC(C)(C)N2C(=O)OC(C)(C)C)cc1. The van der Waals surface area contributed by atoms with Gasteiger partial charge in [-0.25, -0.2) is 4.79 Å². The van der Waals surface area contributed by atoms with Gasteiger partial charge in [-0.15, -0.1) is 0 Å². The van der Waals surface area contributed by atoms with Crippen molar-refractivity contribution in [2.45, 2.75) is 58.1 Å². The molecule has 26 heavy (non-hydrogen) atoms. The van der Waals surface area contributed by atoms with Crippen LogP contribution in [0.4, 0.5) is 4.79 Å². The minimum Gasteiger partial charge on any atom is -0.497 e. The molecule has 6 heteroatoms. The van der Waals surface area contributed by atoms with E-state index in [1.165, 1.54) is 4.90 Å². The molecule has 1 aliphatic rings. The van der Waals surface area contributed by atoms with Crippen molar-refractivity contribution in [3.8, 4) is 17.6 Å². The first-order valence-electron chi connectivity index (χ1n) is 8.53. The van der Waals surface area contributed by atoms with Crippen molar-refractivity contribution in [2.75, 3.05) is 13.7 Å². The van der Waals surface area contributed by atoms with Crippen LogP contribution in [0, 0.1) is 11.8 Å². The third-order valence-corrected chi connectivity index (χ3v) is 3.93. The summed E-state index contributed by atoms with van der Waals surface area (Å²) in [7, 11) is 1.59. The predicted molar refractivity (Wildman–Crippen MR) is 97.8 cm³/mol. The summed E-state index contributed by atoms with van der Waals surface area (Å²) in [4.78, 5) is 14.0. The van der Waals surface area contributed by atoms with Gasteiger partial charge in [-0.1, -0.05) is 11.8 Å². The van der Waals surface area contributed by atoms with Gasteiger partial charge in [0.25, 0.3) is 0 Å². The Hall–Kier alpha value is -2.23. The van der Waals surface area contributed by atoms with Crippen LogP contribution in [0.2, 0.25) is 0 Å². The van der Waals surface area contributed by atoms with E-state index in [2.05, 4.69) is 11.8 Å². The van der Waals surface area contributed by atoms with E-state index in [0.717, 1.165) is 11.3 Å². The number of hydrogen-bond acceptors (Lipinski definition) is 5. The van der Waals surface area contributed by atoms with Crippen molar-refractivity contribution in [3.63, 3.8) is 0 Å². The summed E-state index contributed by atoms with van der Waals surface area (Å²) in [5.74, 6) is 6.45. The second-order valence-corrected chi connectivity index (χ2v) is 7.62. The maximum atomic E-state index is 12.6. The lowest BCUT2D eigenvalue weighted by atomic mass is 10.1. The van der Waals surface area contributed by atoms with Gasteiger partial charge in [-0.05, 0) is 58.9 Å². The number of carbonyl (C=O) groups excluding carboxylic acids is 1. The number of carbonyl (C=O) groups is 1. The Kier molecular flexibility index (Phi) is 5.84. The molecule has 0 spiro atoms. The number of ether oxygens (including phenoxy) is 3. The van der Waals surface area contributed by atoms with Gasteiger partial charge >= 0.3 is 6.09 Å². The smallest absolute Gasteiger partial charge is 0.413 e. The highest BCUT2D eigenvalue weighted by Gasteiger charge is 2.48. The van der Waals surface area contributed by atoms with E-state index >= 15 is 0 Å². The zero-order valence-corrected chi connectivity index (χ0v) is 16.2. The molecule has 2 atom stereocenters. The van der Waals surface area contributed by atoms with E-state index in [-0.39, 0.29) is 6.61 Å². The fourth-order valence-corrected chi connectivity index (χ4v) is 2.66. The monoisotopic (exact) mass is 361 g/mol. The third-order valence-electron chi connectivity index (χ3n) is 3.93. The van der Waals surface area contributed by atoms with E-state index < -0.39 is 29.6 Å². The second kappa shape index (κ2) is 7.56. The number of nitrogens with zero attached hydrogens (tertiary/aromatic N) is 1. The Labute approximate surface area is 155 Å². The summed E-state index contributed by atoms with van der Waals surface area (Å²) in [6, 6.07) is 6.60. The summed E-state index contributed by atoms with van der Waals surface area (Å²) in [5.41, 5.74) is -0.776. The van der Waals surface area contributed by atoms with E-state index in [4.69, 9.17) is 14.2 Å². The Morgan fingerprint density at radius 3 is 2.50 bits per heavy atom. The van der Waals surface area contributed by atoms with Gasteiger partial charge in [0.2, 0.25) is 0 Å². The Balaban J connectivity index is 2.17. The lowest BCUT2D eigenvalue weighted by molar-refractivity contribution is -0.0658. The van der Waals surface area contributed by atoms with E-state index in [1.807, 2.05) is 0 Å². The number of aliphatic hydroxyl groups is 1. The minimum atomic E-state index is -1.06. The Morgan fingerprint density at radius 2 is 1.96 bits per heavy atom. The van der Waals surface area contributed by atoms with Crippen molar-refractivity contribution >= 4 is 6.09 Å². The van der Waals surface area contributed by atoms with Crippen LogP contribution in [-0.2, 0) is 9.47 Å². The van der Waals surface area contributed by atoms with Crippen LogP contribution < -0.4 is 4.74 Å². The lowest BCUT2D eigenvalue weighted by Gasteiger charge is -2.35. The zero-order valence-electron chi connectivity index (χ0n) is 16.2. The quantitative estimate of drug-likeness (QED) is 0.821. The van der Waals surface area contributed by atoms with Crippen LogP contribution in [0.5, 0.6) is 5.75 Å². The van der Waals surface area contributed by atoms with Gasteiger partial charge in [0.05, 0.1) is 19.8 Å². The molecule has 1 amide bonds. The zero-order chi connectivity index (χ0) is 19.5. The fourth-order valence-electron chi connectivity index (χ4n) is 2.66. The first-order chi connectivity index (χ1) is 12.0. The van der Waals surface area contributed by atoms with Crippen LogP contribution in [0.1, 0.15) is 40.2 Å². The number of benzene rings is 1. The number of methoxy groups -OCH3 is 1. The summed E-state index contributed by atoms with van der Waals surface area (Å²) < 4.78 is 16.3. The van der Waals surface area contributed by atoms with Gasteiger partial charge < -0.3 is 19.3 Å². The number of aliphatic hydroxyl groups excluding tert-OH is 1. The minimum absolute atomic E-state index is 0.185. The van der Waals surface area contributed by atoms with Gasteiger partial charge in [0.15, 0.2) is 0 Å². The molecule has 0 bridgehead atoms. The molecule has 0 radical (unpaired) electrons. The molecule has 1 saturated heterocycles. The molecular formula is C20H27NO5. The van der Waals surface area contributed by atoms with Gasteiger partial charge in [0.1, 0.15) is 23.2 Å². The normalized spacial score (nSPS) is 20.1. The lowest BCUT2D eigenvalue weighted by Crippen LogP contribution is -2.53. The molecule has 1 aromatic rings. The Bertz CT molecular complexity index is 694. The highest BCUT2D eigenvalue weighted by Crippen LogP contribution is 2.30. The van der Waals surface area contributed by atoms with Gasteiger partial charge in [0, 0.05) is 5.56 Å². The van der Waals surface area contributed by atoms with E-state index in [0.29, 0.717) is 0 Å². The second-order valence-electron chi connectivity index (χ2n) is 7.62. The van der Waals surface area contributed by atoms with E-state index in [1.54, 1.807) is 66.0 Å². The molecule has 142 valence electrons. The molecule has 0 saturated carbocycles. The number of hydrogen-bond donors (Lipinski definition) is 1. The van der Waals surface area contributed by atoms with Crippen molar-refractivity contribution in [1.82, 2.24) is 4.90 Å². The van der Waals surface area contributed by atoms with Crippen molar-refractivity contribution < 1.29 is 24.1 Å². The largest absolute Gasteiger partial charge is 0.497 e. The first-order valence-corrected chi connectivity index (χ1v) is 8.53. The standard InChI is InChI=1S/C20H27NO5/c1-19(2,3)26-18(23)21-16(13-25-20(21,4)5)17(22)12-9-14-7-10-15(24-6)11-8-14/h7-8,10-11,16-17,22H,13H2,1-6H3/t16-,17+/m0/s1. The average Bonchev–Trinajstić information content (AvgIpc) is 2.87. The van der Waals surface area contributed by atoms with E-state index in [9.17, 15) is 9.90 Å². The molecule has 0 aliphatic carbocycles. The molecule has 1 N–H and O–H groups in total. The molecule has 0 aromatic heterocycles. The van der Waals surface area contributed by atoms with Crippen LogP contribution in [-0.4, -0.2) is 53.3 Å². The van der Waals surface area contributed by atoms with Crippen molar-refractivity contribution in [2.24, 2.45) is 0 Å². The molecule has 2 rings (SSSR count). The van der Waals surface area contributed by atoms with Gasteiger partial charge in [-0.3, -0.25) is 4.90 Å². The van der Waals surface area contributed by atoms with Gasteiger partial charge in [-0.2, -0.15) is 0 Å². The molecular weight excluding hydrogens is 334 g/mol. The van der Waals surface area contributed by atoms with Crippen LogP contribution in [0.25, 0.3) is 0 Å². The molecule has 0 unspecified atom stereocenters. The fraction of sp³-hybridized carbons (Fsp3) is 0.550. The average molecular weight is 361 g/mol. The maximum absolute atomic E-state index is 12.6. The highest BCUT2D eigenvalue weighted by molar-refractivity contribution is 5.70. The molecule has 1 aromatic carbocycles. The van der Waals surface area contributed by atoms with Crippen LogP contribution in [0.15, 0.2) is 24.3 Å². The van der Waals surface area contributed by atoms with Crippen LogP contribution >= 0.6 is 0 Å². The van der Waals surface area contributed by atoms with Crippen molar-refractivity contribution in [3.05, 3.63) is 29.8 Å². The maximum Gasteiger partial charge on any atom is 0.413 e. The Morgan fingerprint density at radius 1 is 1.35 bits per heavy atom. The van der Waals surface area contributed by atoms with Crippen LogP contribution in [0.3, 0.4) is 0 Å². The highest BCUT2D eigenvalue weighted by atomic mass is 16.6. The first kappa shape index (κ1) is 20.1. The molecule has 6 nitrogen and oxygen atoms in total. The number of amides is 1. The summed E-state index contributed by atoms with van der Waals surface area (Å²) in [6.45, 7) is 9.10. The summed E-state index contributed by atoms with van der Waals surface area (Å²) >= 11 is 0. The van der Waals surface area contributed by atoms with Crippen molar-refractivity contribution in [1.29, 1.82) is 0 Å². The summed E-state index contributed by atoms with van der Waals surface area (Å²) in [6.07, 6.45) is -1.60. The summed E-state index contributed by atoms with van der Waals surface area (Å²) in [5, 5.41) is 10.5. The predicted octanol–water partition coefficient (Wildman–Crippen LogP) is 2.78. The molecule has 1 aliphatic heterocycles. The molecule has 1 fully saturated rings. The molecule has 1 heterocycles. The third kappa shape index (κ3) is 4.90.